The maximum Gasteiger partial charge on any atom is 0.325 e. The van der Waals surface area contributed by atoms with E-state index in [1.807, 2.05) is 0 Å². The molecule has 8 nitrogen and oxygen atoms in total. The zero-order chi connectivity index (χ0) is 19.8. The van der Waals surface area contributed by atoms with Crippen LogP contribution >= 0.6 is 11.3 Å². The number of halogens is 1. The van der Waals surface area contributed by atoms with Gasteiger partial charge in [-0.25, -0.2) is 9.18 Å². The number of hydrogen-bond acceptors (Lipinski definition) is 5. The third kappa shape index (κ3) is 3.38. The molecule has 0 aliphatic carbocycles. The lowest BCUT2D eigenvalue weighted by molar-refractivity contribution is -0.133. The molecule has 0 bridgehead atoms. The summed E-state index contributed by atoms with van der Waals surface area (Å²) in [5, 5.41) is 6.81. The Morgan fingerprint density at radius 2 is 1.93 bits per heavy atom. The minimum Gasteiger partial charge on any atom is -0.366 e. The molecule has 10 heteroatoms. The van der Waals surface area contributed by atoms with Crippen LogP contribution in [0.5, 0.6) is 0 Å². The predicted molar refractivity (Wildman–Crippen MR) is 95.5 cm³/mol. The van der Waals surface area contributed by atoms with Gasteiger partial charge in [-0.3, -0.25) is 19.3 Å². The lowest BCUT2D eigenvalue weighted by Gasteiger charge is -2.22. The van der Waals surface area contributed by atoms with Crippen LogP contribution in [0.15, 0.2) is 35.7 Å². The van der Waals surface area contributed by atoms with Gasteiger partial charge in [-0.15, -0.1) is 11.3 Å². The SMILES string of the molecule is C[C@@]1(c2ccc(F)cc2)NC(=O)N(CC(=O)Nc2sccc2C(N)=O)C1=O. The molecule has 1 fully saturated rings. The third-order valence-corrected chi connectivity index (χ3v) is 5.01. The third-order valence-electron chi connectivity index (χ3n) is 4.18. The fourth-order valence-corrected chi connectivity index (χ4v) is 3.54. The number of primary amides is 1. The van der Waals surface area contributed by atoms with Crippen LogP contribution in [0.2, 0.25) is 0 Å². The van der Waals surface area contributed by atoms with Crippen molar-refractivity contribution < 1.29 is 23.6 Å². The maximum absolute atomic E-state index is 13.1. The number of carbonyl (C=O) groups excluding carboxylic acids is 4. The van der Waals surface area contributed by atoms with Crippen molar-refractivity contribution in [3.63, 3.8) is 0 Å². The van der Waals surface area contributed by atoms with Gasteiger partial charge in [0.2, 0.25) is 5.91 Å². The number of benzene rings is 1. The van der Waals surface area contributed by atoms with Gasteiger partial charge < -0.3 is 16.4 Å². The van der Waals surface area contributed by atoms with Crippen molar-refractivity contribution >= 4 is 40.1 Å². The summed E-state index contributed by atoms with van der Waals surface area (Å²) in [5.41, 5.74) is 4.33. The van der Waals surface area contributed by atoms with Crippen molar-refractivity contribution in [2.45, 2.75) is 12.5 Å². The number of nitrogens with zero attached hydrogens (tertiary/aromatic N) is 1. The van der Waals surface area contributed by atoms with Crippen LogP contribution in [0.1, 0.15) is 22.8 Å². The van der Waals surface area contributed by atoms with Crippen LogP contribution in [-0.2, 0) is 15.1 Å². The largest absolute Gasteiger partial charge is 0.366 e. The Morgan fingerprint density at radius 1 is 1.26 bits per heavy atom. The van der Waals surface area contributed by atoms with Crippen molar-refractivity contribution in [2.24, 2.45) is 5.73 Å². The van der Waals surface area contributed by atoms with E-state index in [1.54, 1.807) is 5.38 Å². The highest BCUT2D eigenvalue weighted by Crippen LogP contribution is 2.29. The Morgan fingerprint density at radius 3 is 2.56 bits per heavy atom. The van der Waals surface area contributed by atoms with E-state index in [9.17, 15) is 23.6 Å². The number of nitrogens with two attached hydrogens (primary N) is 1. The van der Waals surface area contributed by atoms with Crippen LogP contribution in [-0.4, -0.2) is 35.2 Å². The second-order valence-electron chi connectivity index (χ2n) is 6.03. The Kier molecular flexibility index (Phi) is 4.66. The molecule has 27 heavy (non-hydrogen) atoms. The first-order valence-corrected chi connectivity index (χ1v) is 8.67. The van der Waals surface area contributed by atoms with E-state index in [0.717, 1.165) is 16.2 Å². The fourth-order valence-electron chi connectivity index (χ4n) is 2.73. The number of carbonyl (C=O) groups is 4. The van der Waals surface area contributed by atoms with E-state index in [-0.39, 0.29) is 10.6 Å². The summed E-state index contributed by atoms with van der Waals surface area (Å²) in [4.78, 5) is 49.3. The molecule has 0 saturated carbocycles. The van der Waals surface area contributed by atoms with E-state index >= 15 is 0 Å². The molecule has 1 aliphatic rings. The summed E-state index contributed by atoms with van der Waals surface area (Å²) in [5.74, 6) is -2.48. The zero-order valence-electron chi connectivity index (χ0n) is 14.1. The number of urea groups is 1. The first-order chi connectivity index (χ1) is 12.7. The highest BCUT2D eigenvalue weighted by atomic mass is 32.1. The topological polar surface area (TPSA) is 122 Å². The van der Waals surface area contributed by atoms with Gasteiger partial charge in [-0.05, 0) is 36.1 Å². The summed E-state index contributed by atoms with van der Waals surface area (Å²) in [6.07, 6.45) is 0. The van der Waals surface area contributed by atoms with Crippen LogP contribution < -0.4 is 16.4 Å². The Labute approximate surface area is 157 Å². The van der Waals surface area contributed by atoms with Gasteiger partial charge in [0, 0.05) is 0 Å². The molecule has 2 aromatic rings. The number of amides is 5. The average molecular weight is 390 g/mol. The number of thiophene rings is 1. The molecule has 0 radical (unpaired) electrons. The Hall–Kier alpha value is -3.27. The summed E-state index contributed by atoms with van der Waals surface area (Å²) in [6, 6.07) is 5.85. The molecule has 140 valence electrons. The number of imide groups is 1. The Bertz CT molecular complexity index is 943. The standard InChI is InChI=1S/C17H15FN4O4S/c1-17(9-2-4-10(18)5-3-9)15(25)22(16(26)21-17)8-12(23)20-14-11(13(19)24)6-7-27-14/h2-7H,8H2,1H3,(H2,19,24)(H,20,23)(H,21,26)/t17-/m0/s1. The molecule has 1 aliphatic heterocycles. The van der Waals surface area contributed by atoms with Gasteiger partial charge in [0.15, 0.2) is 0 Å². The van der Waals surface area contributed by atoms with Crippen molar-refractivity contribution in [3.8, 4) is 0 Å². The molecule has 5 amide bonds. The van der Waals surface area contributed by atoms with Crippen LogP contribution in [0, 0.1) is 5.82 Å². The van der Waals surface area contributed by atoms with E-state index in [0.29, 0.717) is 5.56 Å². The second-order valence-corrected chi connectivity index (χ2v) is 6.95. The van der Waals surface area contributed by atoms with E-state index in [1.165, 1.54) is 37.3 Å². The van der Waals surface area contributed by atoms with Crippen LogP contribution in [0.25, 0.3) is 0 Å². The zero-order valence-corrected chi connectivity index (χ0v) is 14.9. The van der Waals surface area contributed by atoms with E-state index in [2.05, 4.69) is 10.6 Å². The lowest BCUT2D eigenvalue weighted by Crippen LogP contribution is -2.42. The number of rotatable bonds is 5. The number of anilines is 1. The average Bonchev–Trinajstić information content (AvgIpc) is 3.15. The summed E-state index contributed by atoms with van der Waals surface area (Å²) < 4.78 is 13.1. The second kappa shape index (κ2) is 6.80. The molecule has 1 aromatic carbocycles. The highest BCUT2D eigenvalue weighted by molar-refractivity contribution is 7.14. The predicted octanol–water partition coefficient (Wildman–Crippen LogP) is 1.39. The van der Waals surface area contributed by atoms with Gasteiger partial charge >= 0.3 is 6.03 Å². The molecule has 1 saturated heterocycles. The fraction of sp³-hybridized carbons (Fsp3) is 0.176. The smallest absolute Gasteiger partial charge is 0.325 e. The van der Waals surface area contributed by atoms with Crippen molar-refractivity contribution in [3.05, 3.63) is 52.7 Å². The molecule has 0 unspecified atom stereocenters. The molecular formula is C17H15FN4O4S. The molecule has 2 heterocycles. The van der Waals surface area contributed by atoms with Crippen LogP contribution in [0.3, 0.4) is 0 Å². The lowest BCUT2D eigenvalue weighted by atomic mass is 9.92. The van der Waals surface area contributed by atoms with Gasteiger partial charge in [0.1, 0.15) is 22.9 Å². The molecule has 1 atom stereocenters. The number of hydrogen-bond donors (Lipinski definition) is 3. The van der Waals surface area contributed by atoms with Gasteiger partial charge in [0.05, 0.1) is 5.56 Å². The summed E-state index contributed by atoms with van der Waals surface area (Å²) in [6.45, 7) is 0.931. The monoisotopic (exact) mass is 390 g/mol. The van der Waals surface area contributed by atoms with Gasteiger partial charge in [-0.2, -0.15) is 0 Å². The summed E-state index contributed by atoms with van der Waals surface area (Å²) >= 11 is 1.09. The van der Waals surface area contributed by atoms with Crippen molar-refractivity contribution in [1.29, 1.82) is 0 Å². The van der Waals surface area contributed by atoms with Crippen molar-refractivity contribution in [2.75, 3.05) is 11.9 Å². The Balaban J connectivity index is 1.75. The molecule has 4 N–H and O–H groups in total. The molecular weight excluding hydrogens is 375 g/mol. The summed E-state index contributed by atoms with van der Waals surface area (Å²) in [7, 11) is 0. The molecule has 3 rings (SSSR count). The molecule has 1 aromatic heterocycles. The quantitative estimate of drug-likeness (QED) is 0.668. The van der Waals surface area contributed by atoms with Gasteiger partial charge in [0.25, 0.3) is 11.8 Å². The minimum atomic E-state index is -1.41. The first-order valence-electron chi connectivity index (χ1n) is 7.79. The van der Waals surface area contributed by atoms with E-state index in [4.69, 9.17) is 5.73 Å². The van der Waals surface area contributed by atoms with Crippen LogP contribution in [0.4, 0.5) is 14.2 Å². The van der Waals surface area contributed by atoms with Gasteiger partial charge in [-0.1, -0.05) is 12.1 Å². The number of nitrogens with one attached hydrogen (secondary N) is 2. The van der Waals surface area contributed by atoms with E-state index < -0.39 is 41.7 Å². The highest BCUT2D eigenvalue weighted by Gasteiger charge is 2.49. The minimum absolute atomic E-state index is 0.140. The molecule has 0 spiro atoms. The normalized spacial score (nSPS) is 19.1. The van der Waals surface area contributed by atoms with Crippen molar-refractivity contribution in [1.82, 2.24) is 10.2 Å². The maximum atomic E-state index is 13.1. The first kappa shape index (κ1) is 18.5.